The first-order valence-corrected chi connectivity index (χ1v) is 8.50. The predicted octanol–water partition coefficient (Wildman–Crippen LogP) is 3.08. The lowest BCUT2D eigenvalue weighted by Gasteiger charge is -2.20. The molecule has 0 aliphatic rings. The molecule has 0 unspecified atom stereocenters. The van der Waals surface area contributed by atoms with E-state index in [0.717, 1.165) is 5.56 Å². The third-order valence-electron chi connectivity index (χ3n) is 4.04. The zero-order chi connectivity index (χ0) is 19.8. The van der Waals surface area contributed by atoms with Crippen molar-refractivity contribution in [2.24, 2.45) is 0 Å². The third-order valence-corrected chi connectivity index (χ3v) is 4.04. The number of methoxy groups -OCH3 is 2. The van der Waals surface area contributed by atoms with Crippen molar-refractivity contribution in [3.8, 4) is 5.75 Å². The van der Waals surface area contributed by atoms with Crippen LogP contribution >= 0.6 is 0 Å². The van der Waals surface area contributed by atoms with Crippen molar-refractivity contribution in [2.45, 2.75) is 13.5 Å². The van der Waals surface area contributed by atoms with Gasteiger partial charge in [0.2, 0.25) is 5.91 Å². The fraction of sp³-hybridized carbons (Fsp3) is 0.300. The number of carbonyl (C=O) groups is 2. The van der Waals surface area contributed by atoms with Crippen molar-refractivity contribution in [3.05, 3.63) is 59.4 Å². The fourth-order valence-electron chi connectivity index (χ4n) is 2.62. The predicted molar refractivity (Wildman–Crippen MR) is 100 cm³/mol. The lowest BCUT2D eigenvalue weighted by molar-refractivity contribution is -0.117. The van der Waals surface area contributed by atoms with E-state index in [1.165, 1.54) is 20.3 Å². The van der Waals surface area contributed by atoms with E-state index < -0.39 is 11.8 Å². The van der Waals surface area contributed by atoms with Crippen LogP contribution in [0.5, 0.6) is 5.75 Å². The van der Waals surface area contributed by atoms with Gasteiger partial charge in [-0.3, -0.25) is 9.69 Å². The van der Waals surface area contributed by atoms with Crippen molar-refractivity contribution in [3.63, 3.8) is 0 Å². The second-order valence-corrected chi connectivity index (χ2v) is 5.86. The number of hydrogen-bond acceptors (Lipinski definition) is 5. The minimum Gasteiger partial charge on any atom is -0.494 e. The number of carbonyl (C=O) groups excluding carboxylic acids is 2. The second-order valence-electron chi connectivity index (χ2n) is 5.86. The molecule has 0 aliphatic heterocycles. The Morgan fingerprint density at radius 3 is 2.52 bits per heavy atom. The third kappa shape index (κ3) is 5.52. The van der Waals surface area contributed by atoms with Crippen LogP contribution in [0.15, 0.2) is 42.5 Å². The molecule has 0 saturated heterocycles. The Morgan fingerprint density at radius 1 is 1.15 bits per heavy atom. The molecule has 7 heteroatoms. The number of nitrogens with one attached hydrogen (secondary N) is 1. The van der Waals surface area contributed by atoms with Gasteiger partial charge in [0.25, 0.3) is 0 Å². The number of ether oxygens (including phenoxy) is 2. The summed E-state index contributed by atoms with van der Waals surface area (Å²) in [6, 6.07) is 11.4. The van der Waals surface area contributed by atoms with Crippen LogP contribution in [0.4, 0.5) is 10.1 Å². The van der Waals surface area contributed by atoms with Crippen LogP contribution in [0.25, 0.3) is 0 Å². The summed E-state index contributed by atoms with van der Waals surface area (Å²) in [6.45, 7) is 3.01. The molecule has 0 aromatic heterocycles. The summed E-state index contributed by atoms with van der Waals surface area (Å²) in [7, 11) is 2.70. The van der Waals surface area contributed by atoms with Crippen LogP contribution < -0.4 is 10.1 Å². The molecule has 6 nitrogen and oxygen atoms in total. The molecule has 27 heavy (non-hydrogen) atoms. The van der Waals surface area contributed by atoms with Crippen molar-refractivity contribution in [2.75, 3.05) is 32.6 Å². The van der Waals surface area contributed by atoms with Crippen molar-refractivity contribution < 1.29 is 23.5 Å². The summed E-state index contributed by atoms with van der Waals surface area (Å²) < 4.78 is 23.5. The average Bonchev–Trinajstić information content (AvgIpc) is 2.67. The molecule has 0 fully saturated rings. The van der Waals surface area contributed by atoms with Gasteiger partial charge in [-0.1, -0.05) is 25.1 Å². The number of rotatable bonds is 8. The highest BCUT2D eigenvalue weighted by Crippen LogP contribution is 2.19. The van der Waals surface area contributed by atoms with Gasteiger partial charge in [-0.25, -0.2) is 9.18 Å². The molecule has 1 N–H and O–H groups in total. The highest BCUT2D eigenvalue weighted by Gasteiger charge is 2.15. The summed E-state index contributed by atoms with van der Waals surface area (Å²) in [4.78, 5) is 26.1. The maximum absolute atomic E-state index is 13.8. The number of hydrogen-bond donors (Lipinski definition) is 1. The number of benzene rings is 2. The maximum Gasteiger partial charge on any atom is 0.339 e. The van der Waals surface area contributed by atoms with E-state index in [-0.39, 0.29) is 23.8 Å². The standard InChI is InChI=1S/C20H23FN2O4/c1-4-23(12-14-9-10-18(26-2)16(21)11-14)13-19(24)22-17-8-6-5-7-15(17)20(25)27-3/h5-11H,4,12-13H2,1-3H3,(H,22,24). The Balaban J connectivity index is 2.03. The van der Waals surface area contributed by atoms with E-state index >= 15 is 0 Å². The van der Waals surface area contributed by atoms with Crippen LogP contribution in [0.3, 0.4) is 0 Å². The summed E-state index contributed by atoms with van der Waals surface area (Å²) in [5, 5.41) is 2.73. The van der Waals surface area contributed by atoms with E-state index in [1.54, 1.807) is 36.4 Å². The van der Waals surface area contributed by atoms with E-state index in [9.17, 15) is 14.0 Å². The number of amides is 1. The molecule has 0 atom stereocenters. The minimum absolute atomic E-state index is 0.0969. The summed E-state index contributed by atoms with van der Waals surface area (Å²) in [5.74, 6) is -1.06. The Bertz CT molecular complexity index is 810. The fourth-order valence-corrected chi connectivity index (χ4v) is 2.62. The molecule has 0 saturated carbocycles. The van der Waals surface area contributed by atoms with E-state index in [1.807, 2.05) is 11.8 Å². The second kappa shape index (κ2) is 9.68. The molecule has 0 bridgehead atoms. The molecule has 144 valence electrons. The molecule has 0 aliphatic carbocycles. The Hall–Kier alpha value is -2.93. The first-order chi connectivity index (χ1) is 13.0. The highest BCUT2D eigenvalue weighted by atomic mass is 19.1. The Morgan fingerprint density at radius 2 is 1.89 bits per heavy atom. The van der Waals surface area contributed by atoms with E-state index in [0.29, 0.717) is 18.8 Å². The lowest BCUT2D eigenvalue weighted by Crippen LogP contribution is -2.33. The zero-order valence-electron chi connectivity index (χ0n) is 15.6. The minimum atomic E-state index is -0.521. The van der Waals surface area contributed by atoms with Gasteiger partial charge in [0.15, 0.2) is 11.6 Å². The van der Waals surface area contributed by atoms with Crippen molar-refractivity contribution >= 4 is 17.6 Å². The Kier molecular flexibility index (Phi) is 7.31. The molecule has 2 aromatic carbocycles. The van der Waals surface area contributed by atoms with E-state index in [2.05, 4.69) is 5.32 Å². The number of para-hydroxylation sites is 1. The number of nitrogens with zero attached hydrogens (tertiary/aromatic N) is 1. The van der Waals surface area contributed by atoms with Crippen molar-refractivity contribution in [1.82, 2.24) is 4.90 Å². The van der Waals surface area contributed by atoms with E-state index in [4.69, 9.17) is 9.47 Å². The summed E-state index contributed by atoms with van der Waals surface area (Å²) in [5.41, 5.74) is 1.41. The van der Waals surface area contributed by atoms with Gasteiger partial charge in [-0.2, -0.15) is 0 Å². The molecule has 0 radical (unpaired) electrons. The number of halogens is 1. The molecule has 2 aromatic rings. The topological polar surface area (TPSA) is 67.9 Å². The van der Waals surface area contributed by atoms with Crippen LogP contribution in [0.2, 0.25) is 0 Å². The molecule has 0 heterocycles. The quantitative estimate of drug-likeness (QED) is 0.719. The zero-order valence-corrected chi connectivity index (χ0v) is 15.6. The average molecular weight is 374 g/mol. The van der Waals surface area contributed by atoms with Gasteiger partial charge in [-0.15, -0.1) is 0 Å². The Labute approximate surface area is 157 Å². The SMILES string of the molecule is CCN(CC(=O)Nc1ccccc1C(=O)OC)Cc1ccc(OC)c(F)c1. The summed E-state index contributed by atoms with van der Waals surface area (Å²) in [6.07, 6.45) is 0. The first-order valence-electron chi connectivity index (χ1n) is 8.50. The van der Waals surface area contributed by atoms with Gasteiger partial charge in [0.1, 0.15) is 0 Å². The lowest BCUT2D eigenvalue weighted by atomic mass is 10.1. The number of likely N-dealkylation sites (N-methyl/N-ethyl adjacent to an activating group) is 1. The summed E-state index contributed by atoms with van der Waals surface area (Å²) >= 11 is 0. The molecule has 1 amide bonds. The van der Waals surface area contributed by atoms with Crippen LogP contribution in [0, 0.1) is 5.82 Å². The molecule has 0 spiro atoms. The van der Waals surface area contributed by atoms with Crippen LogP contribution in [0.1, 0.15) is 22.8 Å². The molecular weight excluding hydrogens is 351 g/mol. The monoisotopic (exact) mass is 374 g/mol. The van der Waals surface area contributed by atoms with Gasteiger partial charge in [-0.05, 0) is 36.4 Å². The smallest absolute Gasteiger partial charge is 0.339 e. The normalized spacial score (nSPS) is 10.6. The van der Waals surface area contributed by atoms with Crippen LogP contribution in [-0.4, -0.2) is 44.1 Å². The van der Waals surface area contributed by atoms with Gasteiger partial charge in [0, 0.05) is 6.54 Å². The number of anilines is 1. The maximum atomic E-state index is 13.8. The van der Waals surface area contributed by atoms with Gasteiger partial charge >= 0.3 is 5.97 Å². The first kappa shape index (κ1) is 20.4. The largest absolute Gasteiger partial charge is 0.494 e. The molecule has 2 rings (SSSR count). The highest BCUT2D eigenvalue weighted by molar-refractivity contribution is 6.01. The van der Waals surface area contributed by atoms with Crippen molar-refractivity contribution in [1.29, 1.82) is 0 Å². The van der Waals surface area contributed by atoms with Gasteiger partial charge < -0.3 is 14.8 Å². The molecular formula is C20H23FN2O4. The van der Waals surface area contributed by atoms with Gasteiger partial charge in [0.05, 0.1) is 32.0 Å². The number of esters is 1. The van der Waals surface area contributed by atoms with Crippen LogP contribution in [-0.2, 0) is 16.1 Å².